The van der Waals surface area contributed by atoms with Crippen molar-refractivity contribution < 1.29 is 14.6 Å². The van der Waals surface area contributed by atoms with E-state index in [4.69, 9.17) is 21.4 Å². The number of hydrogen-bond acceptors (Lipinski definition) is 3. The number of nitrogens with one attached hydrogen (secondary N) is 1. The summed E-state index contributed by atoms with van der Waals surface area (Å²) in [5.41, 5.74) is 4.15. The highest BCUT2D eigenvalue weighted by atomic mass is 35.5. The monoisotopic (exact) mass is 381 g/mol. The molecular weight excluding hydrogens is 362 g/mol. The van der Waals surface area contributed by atoms with Crippen LogP contribution in [0.4, 0.5) is 5.69 Å². The van der Waals surface area contributed by atoms with Crippen molar-refractivity contribution >= 4 is 23.3 Å². The van der Waals surface area contributed by atoms with E-state index >= 15 is 0 Å². The third-order valence-corrected chi connectivity index (χ3v) is 4.37. The number of carbonyl (C=O) groups is 1. The number of carboxylic acids is 1. The molecule has 0 saturated heterocycles. The van der Waals surface area contributed by atoms with Crippen LogP contribution in [0.2, 0.25) is 5.02 Å². The van der Waals surface area contributed by atoms with Crippen molar-refractivity contribution in [3.63, 3.8) is 0 Å². The van der Waals surface area contributed by atoms with E-state index in [0.29, 0.717) is 18.2 Å². The van der Waals surface area contributed by atoms with Gasteiger partial charge in [0.05, 0.1) is 5.56 Å². The molecule has 3 aromatic carbocycles. The zero-order valence-corrected chi connectivity index (χ0v) is 15.7. The number of hydrogen-bond donors (Lipinski definition) is 2. The van der Waals surface area contributed by atoms with Gasteiger partial charge in [-0.1, -0.05) is 47.5 Å². The van der Waals surface area contributed by atoms with Crippen molar-refractivity contribution in [1.29, 1.82) is 0 Å². The molecule has 2 N–H and O–H groups in total. The van der Waals surface area contributed by atoms with Crippen LogP contribution in [0.15, 0.2) is 66.7 Å². The van der Waals surface area contributed by atoms with Crippen LogP contribution in [0.3, 0.4) is 0 Å². The first-order chi connectivity index (χ1) is 13.0. The average Bonchev–Trinajstić information content (AvgIpc) is 2.67. The summed E-state index contributed by atoms with van der Waals surface area (Å²) < 4.78 is 5.98. The first-order valence-corrected chi connectivity index (χ1v) is 8.93. The minimum atomic E-state index is -0.955. The summed E-state index contributed by atoms with van der Waals surface area (Å²) in [7, 11) is 0. The van der Waals surface area contributed by atoms with Gasteiger partial charge in [0.25, 0.3) is 0 Å². The average molecular weight is 382 g/mol. The third kappa shape index (κ3) is 5.25. The van der Waals surface area contributed by atoms with Gasteiger partial charge in [0, 0.05) is 22.8 Å². The van der Waals surface area contributed by atoms with Crippen molar-refractivity contribution in [2.45, 2.75) is 20.1 Å². The molecule has 27 heavy (non-hydrogen) atoms. The molecule has 138 valence electrons. The van der Waals surface area contributed by atoms with Crippen molar-refractivity contribution in [1.82, 2.24) is 0 Å². The molecule has 0 heterocycles. The molecule has 0 fully saturated rings. The molecule has 4 nitrogen and oxygen atoms in total. The molecule has 5 heteroatoms. The molecule has 0 aliphatic rings. The molecule has 3 aromatic rings. The Labute approximate surface area is 163 Å². The second kappa shape index (κ2) is 8.60. The first-order valence-electron chi connectivity index (χ1n) is 8.55. The molecule has 0 saturated carbocycles. The molecule has 0 amide bonds. The Balaban J connectivity index is 1.71. The summed E-state index contributed by atoms with van der Waals surface area (Å²) in [4.78, 5) is 11.1. The summed E-state index contributed by atoms with van der Waals surface area (Å²) in [6.07, 6.45) is 0. The van der Waals surface area contributed by atoms with Gasteiger partial charge in [-0.3, -0.25) is 0 Å². The predicted octanol–water partition coefficient (Wildman–Crippen LogP) is 5.54. The van der Waals surface area contributed by atoms with E-state index in [0.717, 1.165) is 22.6 Å². The van der Waals surface area contributed by atoms with Gasteiger partial charge in [-0.2, -0.15) is 0 Å². The maximum Gasteiger partial charge on any atom is 0.335 e. The SMILES string of the molecule is Cc1ccc(COc2ccc(Cl)cc2CNc2cccc(C(=O)O)c2)cc1. The van der Waals surface area contributed by atoms with Crippen molar-refractivity contribution in [2.75, 3.05) is 5.32 Å². The topological polar surface area (TPSA) is 58.6 Å². The van der Waals surface area contributed by atoms with E-state index in [-0.39, 0.29) is 5.56 Å². The van der Waals surface area contributed by atoms with Crippen LogP contribution in [0.5, 0.6) is 5.75 Å². The van der Waals surface area contributed by atoms with Gasteiger partial charge in [-0.05, 0) is 48.9 Å². The number of benzene rings is 3. The Morgan fingerprint density at radius 1 is 1.07 bits per heavy atom. The molecule has 0 unspecified atom stereocenters. The van der Waals surface area contributed by atoms with Gasteiger partial charge < -0.3 is 15.2 Å². The van der Waals surface area contributed by atoms with Crippen LogP contribution in [-0.4, -0.2) is 11.1 Å². The number of halogens is 1. The lowest BCUT2D eigenvalue weighted by Crippen LogP contribution is -2.05. The Kier molecular flexibility index (Phi) is 5.99. The molecular formula is C22H20ClNO3. The lowest BCUT2D eigenvalue weighted by atomic mass is 10.1. The zero-order chi connectivity index (χ0) is 19.2. The summed E-state index contributed by atoms with van der Waals surface area (Å²) in [6.45, 7) is 2.98. The van der Waals surface area contributed by atoms with Gasteiger partial charge in [-0.15, -0.1) is 0 Å². The number of anilines is 1. The lowest BCUT2D eigenvalue weighted by molar-refractivity contribution is 0.0697. The van der Waals surface area contributed by atoms with E-state index in [1.165, 1.54) is 5.56 Å². The van der Waals surface area contributed by atoms with Crippen LogP contribution in [-0.2, 0) is 13.2 Å². The minimum Gasteiger partial charge on any atom is -0.489 e. The molecule has 0 aliphatic heterocycles. The van der Waals surface area contributed by atoms with Crippen molar-refractivity contribution in [2.24, 2.45) is 0 Å². The van der Waals surface area contributed by atoms with Crippen LogP contribution in [0.25, 0.3) is 0 Å². The summed E-state index contributed by atoms with van der Waals surface area (Å²) in [5, 5.41) is 13.0. The zero-order valence-electron chi connectivity index (χ0n) is 14.9. The number of rotatable bonds is 7. The fraction of sp³-hybridized carbons (Fsp3) is 0.136. The molecule has 0 radical (unpaired) electrons. The van der Waals surface area contributed by atoms with Gasteiger partial charge in [-0.25, -0.2) is 4.79 Å². The Hall–Kier alpha value is -2.98. The lowest BCUT2D eigenvalue weighted by Gasteiger charge is -2.14. The fourth-order valence-electron chi connectivity index (χ4n) is 2.63. The summed E-state index contributed by atoms with van der Waals surface area (Å²) in [5.74, 6) is -0.217. The molecule has 0 aromatic heterocycles. The molecule has 0 bridgehead atoms. The van der Waals surface area contributed by atoms with Gasteiger partial charge in [0.1, 0.15) is 12.4 Å². The molecule has 0 spiro atoms. The normalized spacial score (nSPS) is 10.4. The van der Waals surface area contributed by atoms with E-state index in [1.807, 2.05) is 37.3 Å². The van der Waals surface area contributed by atoms with Crippen LogP contribution < -0.4 is 10.1 Å². The van der Waals surface area contributed by atoms with Crippen molar-refractivity contribution in [3.05, 3.63) is 94.0 Å². The van der Waals surface area contributed by atoms with E-state index < -0.39 is 5.97 Å². The second-order valence-electron chi connectivity index (χ2n) is 6.27. The highest BCUT2D eigenvalue weighted by Crippen LogP contribution is 2.25. The highest BCUT2D eigenvalue weighted by Gasteiger charge is 2.07. The van der Waals surface area contributed by atoms with E-state index in [2.05, 4.69) is 17.4 Å². The number of carboxylic acid groups (broad SMARTS) is 1. The number of ether oxygens (including phenoxy) is 1. The summed E-state index contributed by atoms with van der Waals surface area (Å²) >= 11 is 6.14. The second-order valence-corrected chi connectivity index (χ2v) is 6.70. The Morgan fingerprint density at radius 2 is 1.85 bits per heavy atom. The van der Waals surface area contributed by atoms with Crippen LogP contribution in [0.1, 0.15) is 27.0 Å². The summed E-state index contributed by atoms with van der Waals surface area (Å²) in [6, 6.07) is 20.4. The molecule has 3 rings (SSSR count). The van der Waals surface area contributed by atoms with Crippen molar-refractivity contribution in [3.8, 4) is 5.75 Å². The predicted molar refractivity (Wildman–Crippen MR) is 108 cm³/mol. The van der Waals surface area contributed by atoms with Gasteiger partial charge >= 0.3 is 5.97 Å². The van der Waals surface area contributed by atoms with Gasteiger partial charge in [0.15, 0.2) is 0 Å². The van der Waals surface area contributed by atoms with Crippen LogP contribution in [0, 0.1) is 6.92 Å². The fourth-order valence-corrected chi connectivity index (χ4v) is 2.83. The van der Waals surface area contributed by atoms with Gasteiger partial charge in [0.2, 0.25) is 0 Å². The Morgan fingerprint density at radius 3 is 2.59 bits per heavy atom. The Bertz CT molecular complexity index is 939. The first kappa shape index (κ1) is 18.8. The van der Waals surface area contributed by atoms with E-state index in [1.54, 1.807) is 24.3 Å². The largest absolute Gasteiger partial charge is 0.489 e. The number of aryl methyl sites for hydroxylation is 1. The quantitative estimate of drug-likeness (QED) is 0.564. The van der Waals surface area contributed by atoms with Crippen LogP contribution >= 0.6 is 11.6 Å². The third-order valence-electron chi connectivity index (χ3n) is 4.13. The standard InChI is InChI=1S/C22H20ClNO3/c1-15-5-7-16(8-6-15)14-27-21-10-9-19(23)11-18(21)13-24-20-4-2-3-17(12-20)22(25)26/h2-12,24H,13-14H2,1H3,(H,25,26). The molecule has 0 atom stereocenters. The maximum atomic E-state index is 11.1. The minimum absolute atomic E-state index is 0.238. The number of aromatic carboxylic acids is 1. The smallest absolute Gasteiger partial charge is 0.335 e. The highest BCUT2D eigenvalue weighted by molar-refractivity contribution is 6.30. The molecule has 0 aliphatic carbocycles. The maximum absolute atomic E-state index is 11.1. The van der Waals surface area contributed by atoms with E-state index in [9.17, 15) is 4.79 Å².